The molecule has 0 unspecified atom stereocenters. The largest absolute Gasteiger partial charge is 0.385 e. The quantitative estimate of drug-likeness (QED) is 0.588. The minimum Gasteiger partial charge on any atom is -0.385 e. The van der Waals surface area contributed by atoms with Crippen LogP contribution in [-0.4, -0.2) is 35.0 Å². The molecule has 0 aromatic heterocycles. The van der Waals surface area contributed by atoms with Crippen molar-refractivity contribution in [2.45, 2.75) is 50.8 Å². The monoisotopic (exact) mass is 186 g/mol. The Labute approximate surface area is 76.8 Å². The molecule has 2 fully saturated rings. The first-order valence-electron chi connectivity index (χ1n) is 4.57. The summed E-state index contributed by atoms with van der Waals surface area (Å²) in [7, 11) is 0. The summed E-state index contributed by atoms with van der Waals surface area (Å²) < 4.78 is 10.9. The normalized spacial score (nSPS) is 43.3. The van der Waals surface area contributed by atoms with Crippen LogP contribution in [0.1, 0.15) is 26.7 Å². The molecule has 0 aromatic rings. The molecule has 1 saturated heterocycles. The highest BCUT2D eigenvalue weighted by Crippen LogP contribution is 2.34. The van der Waals surface area contributed by atoms with Gasteiger partial charge in [-0.25, -0.2) is 0 Å². The van der Waals surface area contributed by atoms with E-state index in [0.717, 1.165) is 0 Å². The van der Waals surface area contributed by atoms with E-state index in [-0.39, 0.29) is 11.9 Å². The van der Waals surface area contributed by atoms with E-state index in [1.807, 2.05) is 0 Å². The van der Waals surface area contributed by atoms with Crippen molar-refractivity contribution in [3.05, 3.63) is 0 Å². The molecular weight excluding hydrogens is 172 g/mol. The summed E-state index contributed by atoms with van der Waals surface area (Å²) in [5.41, 5.74) is 0. The first-order valence-corrected chi connectivity index (χ1v) is 4.57. The predicted molar refractivity (Wildman–Crippen MR) is 44.1 cm³/mol. The highest BCUT2D eigenvalue weighted by atomic mass is 16.8. The third kappa shape index (κ3) is 1.49. The Morgan fingerprint density at radius 3 is 2.77 bits per heavy atom. The van der Waals surface area contributed by atoms with Crippen LogP contribution in [0.2, 0.25) is 0 Å². The molecule has 4 heteroatoms. The van der Waals surface area contributed by atoms with Crippen molar-refractivity contribution in [3.8, 4) is 0 Å². The summed E-state index contributed by atoms with van der Waals surface area (Å²) in [6, 6.07) is 0. The zero-order valence-electron chi connectivity index (χ0n) is 7.82. The number of hydrogen-bond donors (Lipinski definition) is 1. The Morgan fingerprint density at radius 2 is 2.08 bits per heavy atom. The molecule has 3 atom stereocenters. The third-order valence-corrected chi connectivity index (χ3v) is 2.52. The van der Waals surface area contributed by atoms with Gasteiger partial charge in [-0.1, -0.05) is 0 Å². The van der Waals surface area contributed by atoms with E-state index in [2.05, 4.69) is 0 Å². The van der Waals surface area contributed by atoms with Gasteiger partial charge in [-0.3, -0.25) is 4.79 Å². The van der Waals surface area contributed by atoms with Crippen molar-refractivity contribution in [3.63, 3.8) is 0 Å². The van der Waals surface area contributed by atoms with Crippen LogP contribution < -0.4 is 0 Å². The molecular formula is C9H14O4. The molecule has 0 amide bonds. The van der Waals surface area contributed by atoms with Gasteiger partial charge in [-0.2, -0.15) is 0 Å². The maximum absolute atomic E-state index is 11.4. The van der Waals surface area contributed by atoms with Gasteiger partial charge >= 0.3 is 0 Å². The summed E-state index contributed by atoms with van der Waals surface area (Å²) in [6.07, 6.45) is -0.399. The summed E-state index contributed by atoms with van der Waals surface area (Å²) in [6.45, 7) is 3.57. The molecule has 74 valence electrons. The van der Waals surface area contributed by atoms with Gasteiger partial charge in [0.25, 0.3) is 0 Å². The van der Waals surface area contributed by atoms with Crippen LogP contribution in [0.15, 0.2) is 0 Å². The van der Waals surface area contributed by atoms with Crippen LogP contribution in [0, 0.1) is 0 Å². The standard InChI is InChI=1S/C9H14O4/c1-9(2)12-6-4-3-5(10)7(11)8(6)13-9/h5-6,8,10H,3-4H2,1-2H3/t5-,6-,8-/m1/s1. The molecule has 1 saturated carbocycles. The summed E-state index contributed by atoms with van der Waals surface area (Å²) in [5, 5.41) is 9.31. The van der Waals surface area contributed by atoms with Crippen LogP contribution in [0.25, 0.3) is 0 Å². The molecule has 1 heterocycles. The number of aliphatic hydroxyl groups is 1. The van der Waals surface area contributed by atoms with Crippen molar-refractivity contribution >= 4 is 5.78 Å². The molecule has 0 aromatic carbocycles. The third-order valence-electron chi connectivity index (χ3n) is 2.52. The van der Waals surface area contributed by atoms with E-state index in [0.29, 0.717) is 12.8 Å². The van der Waals surface area contributed by atoms with Gasteiger partial charge in [0.05, 0.1) is 6.10 Å². The first-order chi connectivity index (χ1) is 5.99. The Bertz CT molecular complexity index is 236. The number of ether oxygens (including phenoxy) is 2. The van der Waals surface area contributed by atoms with Gasteiger partial charge in [0.15, 0.2) is 11.6 Å². The van der Waals surface area contributed by atoms with Gasteiger partial charge in [0, 0.05) is 0 Å². The number of ketones is 1. The molecule has 13 heavy (non-hydrogen) atoms. The van der Waals surface area contributed by atoms with E-state index >= 15 is 0 Å². The number of hydrogen-bond acceptors (Lipinski definition) is 4. The molecule has 1 N–H and O–H groups in total. The van der Waals surface area contributed by atoms with Crippen molar-refractivity contribution in [1.29, 1.82) is 0 Å². The first kappa shape index (κ1) is 9.12. The summed E-state index contributed by atoms with van der Waals surface area (Å²) in [5.74, 6) is -0.920. The number of carbonyl (C=O) groups is 1. The smallest absolute Gasteiger partial charge is 0.192 e. The number of aliphatic hydroxyl groups excluding tert-OH is 1. The van der Waals surface area contributed by atoms with Gasteiger partial charge in [0.1, 0.15) is 12.2 Å². The van der Waals surface area contributed by atoms with Crippen molar-refractivity contribution < 1.29 is 19.4 Å². The van der Waals surface area contributed by atoms with E-state index in [9.17, 15) is 9.90 Å². The molecule has 2 aliphatic rings. The number of Topliss-reactive ketones (excluding diaryl/α,β-unsaturated/α-hetero) is 1. The molecule has 0 spiro atoms. The Hall–Kier alpha value is -0.450. The lowest BCUT2D eigenvalue weighted by atomic mass is 9.91. The van der Waals surface area contributed by atoms with Crippen LogP contribution in [0.4, 0.5) is 0 Å². The van der Waals surface area contributed by atoms with Gasteiger partial charge in [0.2, 0.25) is 0 Å². The summed E-state index contributed by atoms with van der Waals surface area (Å²) >= 11 is 0. The molecule has 2 rings (SSSR count). The van der Waals surface area contributed by atoms with Crippen LogP contribution >= 0.6 is 0 Å². The zero-order chi connectivity index (χ0) is 9.64. The summed E-state index contributed by atoms with van der Waals surface area (Å²) in [4.78, 5) is 11.4. The van der Waals surface area contributed by atoms with Gasteiger partial charge in [-0.05, 0) is 26.7 Å². The number of fused-ring (bicyclic) bond motifs is 1. The Balaban J connectivity index is 2.15. The average molecular weight is 186 g/mol. The molecule has 1 aliphatic carbocycles. The van der Waals surface area contributed by atoms with Crippen molar-refractivity contribution in [2.75, 3.05) is 0 Å². The highest BCUT2D eigenvalue weighted by molar-refractivity contribution is 5.88. The van der Waals surface area contributed by atoms with E-state index in [1.165, 1.54) is 0 Å². The van der Waals surface area contributed by atoms with Crippen molar-refractivity contribution in [2.24, 2.45) is 0 Å². The van der Waals surface area contributed by atoms with Crippen molar-refractivity contribution in [1.82, 2.24) is 0 Å². The maximum Gasteiger partial charge on any atom is 0.192 e. The molecule has 1 aliphatic heterocycles. The topological polar surface area (TPSA) is 55.8 Å². The van der Waals surface area contributed by atoms with E-state index in [4.69, 9.17) is 9.47 Å². The average Bonchev–Trinajstić information content (AvgIpc) is 2.34. The predicted octanol–water partition coefficient (Wildman–Crippen LogP) is 0.230. The van der Waals surface area contributed by atoms with Gasteiger partial charge in [-0.15, -0.1) is 0 Å². The zero-order valence-corrected chi connectivity index (χ0v) is 7.82. The second-order valence-electron chi connectivity index (χ2n) is 4.09. The highest BCUT2D eigenvalue weighted by Gasteiger charge is 2.49. The minimum atomic E-state index is -0.862. The molecule has 4 nitrogen and oxygen atoms in total. The minimum absolute atomic E-state index is 0.161. The van der Waals surface area contributed by atoms with Crippen LogP contribution in [-0.2, 0) is 14.3 Å². The Morgan fingerprint density at radius 1 is 1.38 bits per heavy atom. The maximum atomic E-state index is 11.4. The fourth-order valence-corrected chi connectivity index (χ4v) is 1.94. The Kier molecular flexibility index (Phi) is 1.94. The molecule has 0 bridgehead atoms. The fraction of sp³-hybridized carbons (Fsp3) is 0.889. The lowest BCUT2D eigenvalue weighted by Crippen LogP contribution is -2.43. The fourth-order valence-electron chi connectivity index (χ4n) is 1.94. The van der Waals surface area contributed by atoms with E-state index in [1.54, 1.807) is 13.8 Å². The molecule has 0 radical (unpaired) electrons. The lowest BCUT2D eigenvalue weighted by Gasteiger charge is -2.24. The number of carbonyl (C=O) groups excluding carboxylic acids is 1. The van der Waals surface area contributed by atoms with E-state index < -0.39 is 18.0 Å². The second-order valence-corrected chi connectivity index (χ2v) is 4.09. The SMILES string of the molecule is CC1(C)O[C@@H]2CC[C@@H](O)C(=O)[C@@H]2O1. The van der Waals surface area contributed by atoms with Gasteiger partial charge < -0.3 is 14.6 Å². The lowest BCUT2D eigenvalue weighted by molar-refractivity contribution is -0.156. The van der Waals surface area contributed by atoms with Crippen LogP contribution in [0.3, 0.4) is 0 Å². The second kappa shape index (κ2) is 2.77. The number of rotatable bonds is 0. The van der Waals surface area contributed by atoms with Crippen LogP contribution in [0.5, 0.6) is 0 Å².